The minimum absolute atomic E-state index is 0.155. The van der Waals surface area contributed by atoms with E-state index in [1.54, 1.807) is 6.92 Å². The first-order chi connectivity index (χ1) is 7.50. The minimum atomic E-state index is -0.841. The van der Waals surface area contributed by atoms with E-state index < -0.39 is 11.4 Å². The fourth-order valence-corrected chi connectivity index (χ4v) is 2.11. The summed E-state index contributed by atoms with van der Waals surface area (Å²) in [4.78, 5) is 22.6. The van der Waals surface area contributed by atoms with E-state index in [4.69, 9.17) is 11.5 Å². The highest BCUT2D eigenvalue weighted by Crippen LogP contribution is 2.38. The topological polar surface area (TPSA) is 66.4 Å². The van der Waals surface area contributed by atoms with E-state index in [1.807, 2.05) is 0 Å². The fraction of sp³-hybridized carbons (Fsp3) is 0.667. The van der Waals surface area contributed by atoms with Crippen LogP contribution in [0.25, 0.3) is 0 Å². The van der Waals surface area contributed by atoms with Crippen molar-refractivity contribution in [3.8, 4) is 12.3 Å². The van der Waals surface area contributed by atoms with Crippen molar-refractivity contribution in [1.82, 2.24) is 5.32 Å². The number of rotatable bonds is 4. The third-order valence-corrected chi connectivity index (χ3v) is 3.28. The average Bonchev–Trinajstić information content (AvgIpc) is 2.59. The monoisotopic (exact) mass is 223 g/mol. The molecular weight excluding hydrogens is 206 g/mol. The zero-order valence-corrected chi connectivity index (χ0v) is 9.45. The van der Waals surface area contributed by atoms with E-state index >= 15 is 0 Å². The van der Waals surface area contributed by atoms with Gasteiger partial charge in [-0.1, -0.05) is 6.42 Å². The summed E-state index contributed by atoms with van der Waals surface area (Å²) in [7, 11) is 0. The Balaban J connectivity index is 2.57. The first-order valence-electron chi connectivity index (χ1n) is 5.47. The van der Waals surface area contributed by atoms with Crippen molar-refractivity contribution in [3.63, 3.8) is 0 Å². The second kappa shape index (κ2) is 5.02. The van der Waals surface area contributed by atoms with Crippen LogP contribution in [0.15, 0.2) is 0 Å². The van der Waals surface area contributed by atoms with Crippen LogP contribution < -0.4 is 5.32 Å². The number of carboxylic acids is 1. The van der Waals surface area contributed by atoms with Gasteiger partial charge in [0.2, 0.25) is 5.91 Å². The van der Waals surface area contributed by atoms with Gasteiger partial charge in [0.05, 0.1) is 5.41 Å². The summed E-state index contributed by atoms with van der Waals surface area (Å²) in [5, 5.41) is 11.9. The van der Waals surface area contributed by atoms with Gasteiger partial charge in [-0.05, 0) is 19.8 Å². The Labute approximate surface area is 95.4 Å². The highest BCUT2D eigenvalue weighted by Gasteiger charge is 2.45. The third-order valence-electron chi connectivity index (χ3n) is 3.28. The number of carboxylic acid groups (broad SMARTS) is 1. The number of carbonyl (C=O) groups is 2. The molecule has 1 saturated carbocycles. The highest BCUT2D eigenvalue weighted by molar-refractivity contribution is 5.80. The summed E-state index contributed by atoms with van der Waals surface area (Å²) >= 11 is 0. The van der Waals surface area contributed by atoms with Crippen molar-refractivity contribution in [2.45, 2.75) is 45.1 Å². The Bertz CT molecular complexity index is 332. The standard InChI is InChI=1S/C12H17NO3/c1-3-4-7-10(14)13-9-6-5-8-12(9,2)11(15)16/h1,9H,4-8H2,2H3,(H,13,14)(H,15,16). The summed E-state index contributed by atoms with van der Waals surface area (Å²) in [5.41, 5.74) is -0.828. The van der Waals surface area contributed by atoms with E-state index in [0.717, 1.165) is 12.8 Å². The van der Waals surface area contributed by atoms with Gasteiger partial charge in [-0.15, -0.1) is 12.3 Å². The number of aliphatic carboxylic acids is 1. The molecule has 1 rings (SSSR count). The molecule has 1 amide bonds. The van der Waals surface area contributed by atoms with E-state index in [1.165, 1.54) is 0 Å². The molecule has 4 nitrogen and oxygen atoms in total. The van der Waals surface area contributed by atoms with Crippen molar-refractivity contribution in [2.24, 2.45) is 5.41 Å². The Morgan fingerprint density at radius 3 is 2.88 bits per heavy atom. The van der Waals surface area contributed by atoms with Crippen molar-refractivity contribution in [3.05, 3.63) is 0 Å². The largest absolute Gasteiger partial charge is 0.481 e. The number of terminal acetylenes is 1. The molecule has 0 aromatic heterocycles. The lowest BCUT2D eigenvalue weighted by Crippen LogP contribution is -2.46. The SMILES string of the molecule is C#CCCC(=O)NC1CCCC1(C)C(=O)O. The molecule has 0 radical (unpaired) electrons. The van der Waals surface area contributed by atoms with Gasteiger partial charge in [-0.3, -0.25) is 9.59 Å². The van der Waals surface area contributed by atoms with Gasteiger partial charge < -0.3 is 10.4 Å². The number of nitrogens with one attached hydrogen (secondary N) is 1. The van der Waals surface area contributed by atoms with Crippen LogP contribution in [0.1, 0.15) is 39.0 Å². The molecule has 0 aromatic rings. The van der Waals surface area contributed by atoms with Crippen molar-refractivity contribution in [2.75, 3.05) is 0 Å². The minimum Gasteiger partial charge on any atom is -0.481 e. The molecule has 16 heavy (non-hydrogen) atoms. The zero-order chi connectivity index (χ0) is 12.2. The summed E-state index contributed by atoms with van der Waals surface area (Å²) in [5.74, 6) is 1.39. The van der Waals surface area contributed by atoms with E-state index in [-0.39, 0.29) is 18.4 Å². The second-order valence-electron chi connectivity index (χ2n) is 4.44. The molecule has 1 aliphatic carbocycles. The maximum atomic E-state index is 11.5. The predicted octanol–water partition coefficient (Wildman–Crippen LogP) is 1.16. The van der Waals surface area contributed by atoms with E-state index in [0.29, 0.717) is 12.8 Å². The zero-order valence-electron chi connectivity index (χ0n) is 9.45. The van der Waals surface area contributed by atoms with Crippen LogP contribution in [0.5, 0.6) is 0 Å². The summed E-state index contributed by atoms with van der Waals surface area (Å²) in [6, 6.07) is -0.268. The molecule has 0 heterocycles. The van der Waals surface area contributed by atoms with Crippen LogP contribution in [-0.4, -0.2) is 23.0 Å². The van der Waals surface area contributed by atoms with Gasteiger partial charge in [0, 0.05) is 18.9 Å². The first-order valence-corrected chi connectivity index (χ1v) is 5.47. The lowest BCUT2D eigenvalue weighted by molar-refractivity contribution is -0.149. The van der Waals surface area contributed by atoms with E-state index in [9.17, 15) is 9.59 Å². The maximum absolute atomic E-state index is 11.5. The molecule has 0 bridgehead atoms. The maximum Gasteiger partial charge on any atom is 0.311 e. The smallest absolute Gasteiger partial charge is 0.311 e. The summed E-state index contributed by atoms with van der Waals surface area (Å²) in [6.45, 7) is 1.69. The van der Waals surface area contributed by atoms with Crippen LogP contribution in [0.4, 0.5) is 0 Å². The molecule has 88 valence electrons. The van der Waals surface area contributed by atoms with Gasteiger partial charge in [-0.25, -0.2) is 0 Å². The van der Waals surface area contributed by atoms with Gasteiger partial charge >= 0.3 is 5.97 Å². The Hall–Kier alpha value is -1.50. The van der Waals surface area contributed by atoms with Crippen LogP contribution in [0, 0.1) is 17.8 Å². The Kier molecular flexibility index (Phi) is 3.94. The Morgan fingerprint density at radius 2 is 2.31 bits per heavy atom. The predicted molar refractivity (Wildman–Crippen MR) is 59.6 cm³/mol. The number of carbonyl (C=O) groups excluding carboxylic acids is 1. The second-order valence-corrected chi connectivity index (χ2v) is 4.44. The molecule has 0 saturated heterocycles. The van der Waals surface area contributed by atoms with Crippen LogP contribution in [-0.2, 0) is 9.59 Å². The molecule has 0 aromatic carbocycles. The fourth-order valence-electron chi connectivity index (χ4n) is 2.11. The molecule has 1 fully saturated rings. The van der Waals surface area contributed by atoms with E-state index in [2.05, 4.69) is 11.2 Å². The molecular formula is C12H17NO3. The summed E-state index contributed by atoms with van der Waals surface area (Å²) < 4.78 is 0. The van der Waals surface area contributed by atoms with Crippen molar-refractivity contribution in [1.29, 1.82) is 0 Å². The van der Waals surface area contributed by atoms with Gasteiger partial charge in [0.1, 0.15) is 0 Å². The molecule has 2 N–H and O–H groups in total. The Morgan fingerprint density at radius 1 is 1.62 bits per heavy atom. The molecule has 0 spiro atoms. The average molecular weight is 223 g/mol. The quantitative estimate of drug-likeness (QED) is 0.703. The summed E-state index contributed by atoms with van der Waals surface area (Å²) in [6.07, 6.45) is 7.90. The van der Waals surface area contributed by atoms with Crippen molar-refractivity contribution >= 4 is 11.9 Å². The van der Waals surface area contributed by atoms with Crippen molar-refractivity contribution < 1.29 is 14.7 Å². The molecule has 4 heteroatoms. The van der Waals surface area contributed by atoms with Gasteiger partial charge in [0.25, 0.3) is 0 Å². The number of hydrogen-bond acceptors (Lipinski definition) is 2. The normalized spacial score (nSPS) is 28.4. The van der Waals surface area contributed by atoms with Crippen LogP contribution >= 0.6 is 0 Å². The van der Waals surface area contributed by atoms with Gasteiger partial charge in [0.15, 0.2) is 0 Å². The first kappa shape index (κ1) is 12.6. The molecule has 1 aliphatic rings. The molecule has 2 unspecified atom stereocenters. The number of amides is 1. The van der Waals surface area contributed by atoms with Crippen LogP contribution in [0.3, 0.4) is 0 Å². The van der Waals surface area contributed by atoms with Crippen LogP contribution in [0.2, 0.25) is 0 Å². The lowest BCUT2D eigenvalue weighted by atomic mass is 9.85. The third kappa shape index (κ3) is 2.54. The number of hydrogen-bond donors (Lipinski definition) is 2. The molecule has 2 atom stereocenters. The molecule has 0 aliphatic heterocycles. The van der Waals surface area contributed by atoms with Gasteiger partial charge in [-0.2, -0.15) is 0 Å². The highest BCUT2D eigenvalue weighted by atomic mass is 16.4. The lowest BCUT2D eigenvalue weighted by Gasteiger charge is -2.27.